The van der Waals surface area contributed by atoms with Crippen molar-refractivity contribution in [1.82, 2.24) is 5.32 Å². The fraction of sp³-hybridized carbons (Fsp3) is 0.364. The maximum absolute atomic E-state index is 6.08. The van der Waals surface area contributed by atoms with Crippen LogP contribution in [0.25, 0.3) is 0 Å². The summed E-state index contributed by atoms with van der Waals surface area (Å²) in [5, 5.41) is 3.94. The molecule has 2 rings (SSSR count). The maximum Gasteiger partial charge on any atom is 0.285 e. The summed E-state index contributed by atoms with van der Waals surface area (Å²) in [5.74, 6) is 0. The van der Waals surface area contributed by atoms with Crippen molar-refractivity contribution < 1.29 is 4.74 Å². The SMILES string of the molecule is C[C@H](NC1=NCCO1)c1ccccc1Cl. The van der Waals surface area contributed by atoms with Gasteiger partial charge in [-0.05, 0) is 18.6 Å². The molecule has 3 nitrogen and oxygen atoms in total. The van der Waals surface area contributed by atoms with Gasteiger partial charge in [0.2, 0.25) is 0 Å². The quantitative estimate of drug-likeness (QED) is 0.837. The number of benzene rings is 1. The van der Waals surface area contributed by atoms with Crippen LogP contribution in [0.1, 0.15) is 18.5 Å². The average Bonchev–Trinajstić information content (AvgIpc) is 2.71. The fourth-order valence-electron chi connectivity index (χ4n) is 1.51. The Morgan fingerprint density at radius 3 is 2.93 bits per heavy atom. The van der Waals surface area contributed by atoms with Gasteiger partial charge in [0, 0.05) is 5.02 Å². The summed E-state index contributed by atoms with van der Waals surface area (Å²) in [7, 11) is 0. The van der Waals surface area contributed by atoms with Gasteiger partial charge in [0.05, 0.1) is 12.6 Å². The van der Waals surface area contributed by atoms with Crippen LogP contribution in [-0.2, 0) is 4.74 Å². The standard InChI is InChI=1S/C11H13ClN2O/c1-8(14-11-13-6-7-15-11)9-4-2-3-5-10(9)12/h2-5,8H,6-7H2,1H3,(H,13,14)/t8-/m0/s1. The van der Waals surface area contributed by atoms with Gasteiger partial charge in [-0.1, -0.05) is 29.8 Å². The molecule has 15 heavy (non-hydrogen) atoms. The van der Waals surface area contributed by atoms with Crippen molar-refractivity contribution in [2.75, 3.05) is 13.2 Å². The van der Waals surface area contributed by atoms with Crippen LogP contribution in [0.2, 0.25) is 5.02 Å². The van der Waals surface area contributed by atoms with Gasteiger partial charge in [-0.2, -0.15) is 0 Å². The zero-order valence-corrected chi connectivity index (χ0v) is 9.29. The molecule has 1 heterocycles. The monoisotopic (exact) mass is 224 g/mol. The number of halogens is 1. The molecule has 1 aliphatic rings. The average molecular weight is 225 g/mol. The van der Waals surface area contributed by atoms with E-state index >= 15 is 0 Å². The number of rotatable bonds is 2. The first kappa shape index (κ1) is 10.3. The highest BCUT2D eigenvalue weighted by Gasteiger charge is 2.13. The largest absolute Gasteiger partial charge is 0.463 e. The van der Waals surface area contributed by atoms with E-state index in [0.717, 1.165) is 17.1 Å². The predicted octanol–water partition coefficient (Wildman–Crippen LogP) is 2.38. The summed E-state index contributed by atoms with van der Waals surface area (Å²) in [4.78, 5) is 4.17. The molecule has 0 spiro atoms. The molecule has 1 aliphatic heterocycles. The second-order valence-corrected chi connectivity index (χ2v) is 3.83. The Morgan fingerprint density at radius 1 is 1.47 bits per heavy atom. The maximum atomic E-state index is 6.08. The second kappa shape index (κ2) is 4.53. The lowest BCUT2D eigenvalue weighted by Gasteiger charge is -2.15. The molecule has 1 aromatic carbocycles. The Labute approximate surface area is 94.1 Å². The molecular weight excluding hydrogens is 212 g/mol. The number of hydrogen-bond acceptors (Lipinski definition) is 3. The topological polar surface area (TPSA) is 33.6 Å². The molecule has 0 saturated heterocycles. The number of aliphatic imine (C=N–C) groups is 1. The van der Waals surface area contributed by atoms with Crippen molar-refractivity contribution >= 4 is 17.6 Å². The Kier molecular flexibility index (Phi) is 3.11. The Bertz CT molecular complexity index is 379. The van der Waals surface area contributed by atoms with Crippen molar-refractivity contribution in [3.8, 4) is 0 Å². The third-order valence-electron chi connectivity index (χ3n) is 2.30. The minimum atomic E-state index is 0.107. The Morgan fingerprint density at radius 2 is 2.27 bits per heavy atom. The molecule has 1 atom stereocenters. The summed E-state index contributed by atoms with van der Waals surface area (Å²) in [6.07, 6.45) is 0. The van der Waals surface area contributed by atoms with Crippen molar-refractivity contribution in [3.05, 3.63) is 34.9 Å². The first-order valence-electron chi connectivity index (χ1n) is 4.95. The summed E-state index contributed by atoms with van der Waals surface area (Å²) < 4.78 is 5.28. The third kappa shape index (κ3) is 2.42. The van der Waals surface area contributed by atoms with Crippen LogP contribution in [0.15, 0.2) is 29.3 Å². The Balaban J connectivity index is 2.07. The zero-order chi connectivity index (χ0) is 10.7. The summed E-state index contributed by atoms with van der Waals surface area (Å²) in [6, 6.07) is 8.48. The van der Waals surface area contributed by atoms with Crippen LogP contribution in [0.4, 0.5) is 0 Å². The van der Waals surface area contributed by atoms with E-state index in [1.54, 1.807) is 0 Å². The van der Waals surface area contributed by atoms with E-state index in [1.807, 2.05) is 31.2 Å². The highest BCUT2D eigenvalue weighted by Crippen LogP contribution is 2.22. The number of hydrogen-bond donors (Lipinski definition) is 1. The van der Waals surface area contributed by atoms with Crippen LogP contribution < -0.4 is 5.32 Å². The molecule has 0 radical (unpaired) electrons. The van der Waals surface area contributed by atoms with E-state index in [-0.39, 0.29) is 6.04 Å². The Hall–Kier alpha value is -1.22. The first-order valence-corrected chi connectivity index (χ1v) is 5.33. The van der Waals surface area contributed by atoms with Gasteiger partial charge in [-0.3, -0.25) is 0 Å². The van der Waals surface area contributed by atoms with Crippen molar-refractivity contribution in [1.29, 1.82) is 0 Å². The normalized spacial score (nSPS) is 16.8. The molecule has 0 bridgehead atoms. The molecule has 0 aliphatic carbocycles. The first-order chi connectivity index (χ1) is 7.27. The molecule has 1 N–H and O–H groups in total. The molecule has 0 fully saturated rings. The predicted molar refractivity (Wildman–Crippen MR) is 61.3 cm³/mol. The molecular formula is C11H13ClN2O. The van der Waals surface area contributed by atoms with Crippen LogP contribution in [-0.4, -0.2) is 19.2 Å². The van der Waals surface area contributed by atoms with E-state index in [1.165, 1.54) is 0 Å². The molecule has 0 amide bonds. The number of ether oxygens (including phenoxy) is 1. The van der Waals surface area contributed by atoms with Gasteiger partial charge in [-0.15, -0.1) is 0 Å². The number of nitrogens with zero attached hydrogens (tertiary/aromatic N) is 1. The van der Waals surface area contributed by atoms with Gasteiger partial charge < -0.3 is 10.1 Å². The zero-order valence-electron chi connectivity index (χ0n) is 8.53. The van der Waals surface area contributed by atoms with E-state index in [0.29, 0.717) is 12.6 Å². The van der Waals surface area contributed by atoms with E-state index in [4.69, 9.17) is 16.3 Å². The lowest BCUT2D eigenvalue weighted by Crippen LogP contribution is -2.26. The van der Waals surface area contributed by atoms with Gasteiger partial charge in [0.15, 0.2) is 0 Å². The van der Waals surface area contributed by atoms with Crippen LogP contribution >= 0.6 is 11.6 Å². The van der Waals surface area contributed by atoms with E-state index in [2.05, 4.69) is 10.3 Å². The lowest BCUT2D eigenvalue weighted by molar-refractivity contribution is 0.327. The molecule has 4 heteroatoms. The fourth-order valence-corrected chi connectivity index (χ4v) is 1.81. The highest BCUT2D eigenvalue weighted by molar-refractivity contribution is 6.31. The van der Waals surface area contributed by atoms with Crippen molar-refractivity contribution in [2.24, 2.45) is 4.99 Å². The highest BCUT2D eigenvalue weighted by atomic mass is 35.5. The summed E-state index contributed by atoms with van der Waals surface area (Å²) in [5.41, 5.74) is 1.05. The van der Waals surface area contributed by atoms with Crippen LogP contribution in [0.3, 0.4) is 0 Å². The van der Waals surface area contributed by atoms with Gasteiger partial charge in [0.1, 0.15) is 6.61 Å². The van der Waals surface area contributed by atoms with E-state index < -0.39 is 0 Å². The van der Waals surface area contributed by atoms with Crippen LogP contribution in [0.5, 0.6) is 0 Å². The minimum absolute atomic E-state index is 0.107. The number of nitrogens with one attached hydrogen (secondary N) is 1. The van der Waals surface area contributed by atoms with Gasteiger partial charge in [0.25, 0.3) is 6.02 Å². The summed E-state index contributed by atoms with van der Waals surface area (Å²) in [6.45, 7) is 3.43. The second-order valence-electron chi connectivity index (χ2n) is 3.42. The van der Waals surface area contributed by atoms with Crippen LogP contribution in [0, 0.1) is 0 Å². The molecule has 0 saturated carbocycles. The molecule has 0 unspecified atom stereocenters. The molecule has 1 aromatic rings. The smallest absolute Gasteiger partial charge is 0.285 e. The minimum Gasteiger partial charge on any atom is -0.463 e. The van der Waals surface area contributed by atoms with Crippen molar-refractivity contribution in [3.63, 3.8) is 0 Å². The van der Waals surface area contributed by atoms with E-state index in [9.17, 15) is 0 Å². The lowest BCUT2D eigenvalue weighted by atomic mass is 10.1. The summed E-state index contributed by atoms with van der Waals surface area (Å²) >= 11 is 6.08. The molecule has 0 aromatic heterocycles. The third-order valence-corrected chi connectivity index (χ3v) is 2.64. The van der Waals surface area contributed by atoms with Gasteiger partial charge >= 0.3 is 0 Å². The van der Waals surface area contributed by atoms with Gasteiger partial charge in [-0.25, -0.2) is 4.99 Å². The van der Waals surface area contributed by atoms with Crippen molar-refractivity contribution in [2.45, 2.75) is 13.0 Å². The molecule has 80 valence electrons. The number of amidine groups is 1.